The van der Waals surface area contributed by atoms with Gasteiger partial charge in [0, 0.05) is 6.54 Å². The molecule has 3 unspecified atom stereocenters. The first-order valence-electron chi connectivity index (χ1n) is 6.05. The van der Waals surface area contributed by atoms with E-state index in [1.807, 2.05) is 0 Å². The van der Waals surface area contributed by atoms with E-state index in [-0.39, 0.29) is 19.1 Å². The van der Waals surface area contributed by atoms with Crippen LogP contribution in [0, 0.1) is 5.92 Å². The standard InChI is InChI=1S/C11H19N3O5/c1-3-14(9(15)6(2)13-11(12)18)8-5-19-4-7(8)10(16)17/h6-8H,3-5H2,1-2H3,(H,16,17)(H3,12,13,18). The molecule has 19 heavy (non-hydrogen) atoms. The first kappa shape index (κ1) is 15.2. The highest BCUT2D eigenvalue weighted by molar-refractivity contribution is 5.87. The zero-order valence-corrected chi connectivity index (χ0v) is 11.0. The molecule has 3 amide bonds. The monoisotopic (exact) mass is 273 g/mol. The number of primary amides is 1. The van der Waals surface area contributed by atoms with Crippen LogP contribution < -0.4 is 11.1 Å². The van der Waals surface area contributed by atoms with Crippen LogP contribution in [0.15, 0.2) is 0 Å². The second-order valence-corrected chi connectivity index (χ2v) is 4.40. The van der Waals surface area contributed by atoms with Crippen LogP contribution in [-0.2, 0) is 14.3 Å². The summed E-state index contributed by atoms with van der Waals surface area (Å²) in [6.45, 7) is 3.84. The zero-order valence-electron chi connectivity index (χ0n) is 11.0. The van der Waals surface area contributed by atoms with E-state index in [1.165, 1.54) is 11.8 Å². The van der Waals surface area contributed by atoms with Crippen molar-refractivity contribution in [1.82, 2.24) is 10.2 Å². The highest BCUT2D eigenvalue weighted by atomic mass is 16.5. The average molecular weight is 273 g/mol. The van der Waals surface area contributed by atoms with Gasteiger partial charge in [-0.05, 0) is 13.8 Å². The van der Waals surface area contributed by atoms with Crippen LogP contribution >= 0.6 is 0 Å². The molecule has 0 bridgehead atoms. The Morgan fingerprint density at radius 1 is 1.47 bits per heavy atom. The minimum Gasteiger partial charge on any atom is -0.481 e. The molecule has 4 N–H and O–H groups in total. The molecule has 1 aliphatic rings. The molecule has 0 aromatic rings. The van der Waals surface area contributed by atoms with E-state index in [0.29, 0.717) is 6.54 Å². The SMILES string of the molecule is CCN(C(=O)C(C)NC(N)=O)C1COCC1C(=O)O. The summed E-state index contributed by atoms with van der Waals surface area (Å²) in [6, 6.07) is -2.12. The fourth-order valence-electron chi connectivity index (χ4n) is 2.16. The number of carbonyl (C=O) groups is 3. The quantitative estimate of drug-likeness (QED) is 0.592. The summed E-state index contributed by atoms with van der Waals surface area (Å²) in [7, 11) is 0. The topological polar surface area (TPSA) is 122 Å². The third-order valence-corrected chi connectivity index (χ3v) is 3.12. The second-order valence-electron chi connectivity index (χ2n) is 4.40. The third kappa shape index (κ3) is 3.57. The molecule has 1 aliphatic heterocycles. The first-order valence-corrected chi connectivity index (χ1v) is 6.05. The van der Waals surface area contributed by atoms with Gasteiger partial charge in [-0.2, -0.15) is 0 Å². The van der Waals surface area contributed by atoms with Crippen LogP contribution in [0.4, 0.5) is 4.79 Å². The van der Waals surface area contributed by atoms with E-state index in [0.717, 1.165) is 0 Å². The Hall–Kier alpha value is -1.83. The summed E-state index contributed by atoms with van der Waals surface area (Å²) in [5.74, 6) is -2.11. The van der Waals surface area contributed by atoms with Crippen LogP contribution in [0.3, 0.4) is 0 Å². The maximum absolute atomic E-state index is 12.2. The van der Waals surface area contributed by atoms with Crippen molar-refractivity contribution in [2.75, 3.05) is 19.8 Å². The number of carboxylic acids is 1. The summed E-state index contributed by atoms with van der Waals surface area (Å²) in [5, 5.41) is 11.4. The van der Waals surface area contributed by atoms with Gasteiger partial charge in [0.05, 0.1) is 19.3 Å². The first-order chi connectivity index (χ1) is 8.88. The van der Waals surface area contributed by atoms with Crippen LogP contribution in [0.5, 0.6) is 0 Å². The van der Waals surface area contributed by atoms with Crippen molar-refractivity contribution < 1.29 is 24.2 Å². The van der Waals surface area contributed by atoms with E-state index in [2.05, 4.69) is 5.32 Å². The van der Waals surface area contributed by atoms with Crippen molar-refractivity contribution in [2.24, 2.45) is 11.7 Å². The molecule has 0 aliphatic carbocycles. The normalized spacial score (nSPS) is 23.7. The Morgan fingerprint density at radius 2 is 2.11 bits per heavy atom. The Labute approximate surface area is 110 Å². The second kappa shape index (κ2) is 6.37. The van der Waals surface area contributed by atoms with Crippen LogP contribution in [0.2, 0.25) is 0 Å². The lowest BCUT2D eigenvalue weighted by Gasteiger charge is -2.31. The van der Waals surface area contributed by atoms with E-state index < -0.39 is 30.0 Å². The lowest BCUT2D eigenvalue weighted by Crippen LogP contribution is -2.54. The van der Waals surface area contributed by atoms with Crippen molar-refractivity contribution in [3.8, 4) is 0 Å². The van der Waals surface area contributed by atoms with E-state index in [4.69, 9.17) is 15.6 Å². The van der Waals surface area contributed by atoms with E-state index in [9.17, 15) is 14.4 Å². The number of nitrogens with zero attached hydrogens (tertiary/aromatic N) is 1. The number of carbonyl (C=O) groups excluding carboxylic acids is 2. The van der Waals surface area contributed by atoms with E-state index >= 15 is 0 Å². The number of hydrogen-bond acceptors (Lipinski definition) is 4. The number of rotatable bonds is 5. The molecule has 3 atom stereocenters. The molecule has 0 aromatic carbocycles. The van der Waals surface area contributed by atoms with Crippen molar-refractivity contribution >= 4 is 17.9 Å². The fraction of sp³-hybridized carbons (Fsp3) is 0.727. The predicted molar refractivity (Wildman–Crippen MR) is 65.3 cm³/mol. The number of amides is 3. The molecule has 0 saturated carbocycles. The van der Waals surface area contributed by atoms with Crippen molar-refractivity contribution in [2.45, 2.75) is 25.9 Å². The summed E-state index contributed by atoms with van der Waals surface area (Å²) in [4.78, 5) is 35.4. The molecule has 1 rings (SSSR count). The lowest BCUT2D eigenvalue weighted by atomic mass is 10.0. The number of aliphatic carboxylic acids is 1. The van der Waals surface area contributed by atoms with Gasteiger partial charge < -0.3 is 25.8 Å². The molecular formula is C11H19N3O5. The van der Waals surface area contributed by atoms with Gasteiger partial charge in [-0.3, -0.25) is 9.59 Å². The highest BCUT2D eigenvalue weighted by Crippen LogP contribution is 2.20. The van der Waals surface area contributed by atoms with Gasteiger partial charge in [0.1, 0.15) is 12.0 Å². The zero-order chi connectivity index (χ0) is 14.6. The molecule has 0 aromatic heterocycles. The van der Waals surface area contributed by atoms with E-state index in [1.54, 1.807) is 6.92 Å². The Morgan fingerprint density at radius 3 is 2.58 bits per heavy atom. The highest BCUT2D eigenvalue weighted by Gasteiger charge is 2.40. The van der Waals surface area contributed by atoms with Crippen molar-refractivity contribution in [3.05, 3.63) is 0 Å². The molecular weight excluding hydrogens is 254 g/mol. The van der Waals surface area contributed by atoms with Gasteiger partial charge in [0.15, 0.2) is 0 Å². The molecule has 108 valence electrons. The van der Waals surface area contributed by atoms with Gasteiger partial charge >= 0.3 is 12.0 Å². The largest absolute Gasteiger partial charge is 0.481 e. The summed E-state index contributed by atoms with van der Waals surface area (Å²) < 4.78 is 5.14. The fourth-order valence-corrected chi connectivity index (χ4v) is 2.16. The predicted octanol–water partition coefficient (Wildman–Crippen LogP) is -1.01. The number of nitrogens with two attached hydrogens (primary N) is 1. The molecule has 1 saturated heterocycles. The van der Waals surface area contributed by atoms with Crippen molar-refractivity contribution in [3.63, 3.8) is 0 Å². The average Bonchev–Trinajstić information content (AvgIpc) is 2.78. The number of hydrogen-bond donors (Lipinski definition) is 3. The molecule has 1 heterocycles. The van der Waals surface area contributed by atoms with Gasteiger partial charge in [0.25, 0.3) is 0 Å². The number of ether oxygens (including phenoxy) is 1. The molecule has 0 radical (unpaired) electrons. The third-order valence-electron chi connectivity index (χ3n) is 3.12. The summed E-state index contributed by atoms with van der Waals surface area (Å²) >= 11 is 0. The Bertz CT molecular complexity index is 373. The summed E-state index contributed by atoms with van der Waals surface area (Å²) in [6.07, 6.45) is 0. The Kier molecular flexibility index (Phi) is 5.11. The molecule has 0 spiro atoms. The van der Waals surface area contributed by atoms with Crippen LogP contribution in [0.1, 0.15) is 13.8 Å². The molecule has 8 nitrogen and oxygen atoms in total. The molecule has 1 fully saturated rings. The number of carboxylic acid groups (broad SMARTS) is 1. The smallest absolute Gasteiger partial charge is 0.312 e. The minimum absolute atomic E-state index is 0.0847. The van der Waals surface area contributed by atoms with Gasteiger partial charge in [-0.1, -0.05) is 0 Å². The number of likely N-dealkylation sites (N-methyl/N-ethyl adjacent to an activating group) is 1. The van der Waals surface area contributed by atoms with Crippen LogP contribution in [0.25, 0.3) is 0 Å². The number of nitrogens with one attached hydrogen (secondary N) is 1. The maximum atomic E-state index is 12.2. The summed E-state index contributed by atoms with van der Waals surface area (Å²) in [5.41, 5.74) is 4.96. The number of urea groups is 1. The minimum atomic E-state index is -0.996. The lowest BCUT2D eigenvalue weighted by molar-refractivity contribution is -0.145. The van der Waals surface area contributed by atoms with Gasteiger partial charge in [-0.15, -0.1) is 0 Å². The van der Waals surface area contributed by atoms with Gasteiger partial charge in [0.2, 0.25) is 5.91 Å². The van der Waals surface area contributed by atoms with Crippen LogP contribution in [-0.4, -0.2) is 59.8 Å². The maximum Gasteiger partial charge on any atom is 0.312 e. The van der Waals surface area contributed by atoms with Crippen molar-refractivity contribution in [1.29, 1.82) is 0 Å². The van der Waals surface area contributed by atoms with Gasteiger partial charge in [-0.25, -0.2) is 4.79 Å². The Balaban J connectivity index is 2.79. The molecule has 8 heteroatoms.